The second-order valence-corrected chi connectivity index (χ2v) is 7.53. The van der Waals surface area contributed by atoms with Crippen LogP contribution in [0.4, 0.5) is 16.2 Å². The Labute approximate surface area is 186 Å². The number of para-hydroxylation sites is 1. The van der Waals surface area contributed by atoms with Gasteiger partial charge in [-0.3, -0.25) is 9.20 Å². The van der Waals surface area contributed by atoms with Crippen LogP contribution in [0.2, 0.25) is 0 Å². The molecule has 1 atom stereocenters. The van der Waals surface area contributed by atoms with Crippen molar-refractivity contribution >= 4 is 29.0 Å². The summed E-state index contributed by atoms with van der Waals surface area (Å²) in [6.45, 7) is 3.94. The Morgan fingerprint density at radius 1 is 1.00 bits per heavy atom. The van der Waals surface area contributed by atoms with Crippen molar-refractivity contribution in [2.24, 2.45) is 0 Å². The first kappa shape index (κ1) is 21.1. The van der Waals surface area contributed by atoms with Gasteiger partial charge in [0, 0.05) is 17.6 Å². The van der Waals surface area contributed by atoms with Crippen LogP contribution in [0.3, 0.4) is 0 Å². The Kier molecular flexibility index (Phi) is 6.17. The number of hydrogen-bond acceptors (Lipinski definition) is 3. The van der Waals surface area contributed by atoms with Crippen molar-refractivity contribution in [2.45, 2.75) is 26.3 Å². The van der Waals surface area contributed by atoms with E-state index in [4.69, 9.17) is 0 Å². The standard InChI is InChI=1S/C25H25N5O2/c1-3-20(29-25(32)27-19-9-5-4-6-10-19)18-13-12-17(2)21(15-18)28-24(31)22-16-26-23-11-7-8-14-30(22)23/h4-16,20H,3H2,1-2H3,(H,28,31)(H2,27,29,32). The first-order valence-electron chi connectivity index (χ1n) is 10.5. The van der Waals surface area contributed by atoms with E-state index in [1.807, 2.05) is 86.8 Å². The first-order valence-corrected chi connectivity index (χ1v) is 10.5. The van der Waals surface area contributed by atoms with Crippen LogP contribution >= 0.6 is 0 Å². The van der Waals surface area contributed by atoms with Crippen molar-refractivity contribution in [3.8, 4) is 0 Å². The lowest BCUT2D eigenvalue weighted by Crippen LogP contribution is -2.32. The van der Waals surface area contributed by atoms with Gasteiger partial charge in [0.25, 0.3) is 5.91 Å². The highest BCUT2D eigenvalue weighted by molar-refractivity contribution is 6.04. The maximum absolute atomic E-state index is 12.9. The fourth-order valence-electron chi connectivity index (χ4n) is 3.55. The van der Waals surface area contributed by atoms with Crippen LogP contribution in [0, 0.1) is 6.92 Å². The van der Waals surface area contributed by atoms with Crippen LogP contribution in [0.5, 0.6) is 0 Å². The number of imidazole rings is 1. The van der Waals surface area contributed by atoms with E-state index in [0.29, 0.717) is 23.4 Å². The predicted molar refractivity (Wildman–Crippen MR) is 126 cm³/mol. The normalized spacial score (nSPS) is 11.7. The van der Waals surface area contributed by atoms with Gasteiger partial charge in [0.05, 0.1) is 12.2 Å². The lowest BCUT2D eigenvalue weighted by molar-refractivity contribution is 0.102. The van der Waals surface area contributed by atoms with Gasteiger partial charge in [-0.15, -0.1) is 0 Å². The van der Waals surface area contributed by atoms with E-state index < -0.39 is 0 Å². The van der Waals surface area contributed by atoms with Gasteiger partial charge in [0.1, 0.15) is 11.3 Å². The van der Waals surface area contributed by atoms with E-state index in [2.05, 4.69) is 20.9 Å². The molecule has 3 amide bonds. The van der Waals surface area contributed by atoms with Gasteiger partial charge >= 0.3 is 6.03 Å². The molecule has 0 aliphatic carbocycles. The molecule has 0 saturated heterocycles. The van der Waals surface area contributed by atoms with Crippen molar-refractivity contribution in [1.29, 1.82) is 0 Å². The fraction of sp³-hybridized carbons (Fsp3) is 0.160. The molecule has 0 spiro atoms. The van der Waals surface area contributed by atoms with Gasteiger partial charge in [-0.2, -0.15) is 0 Å². The summed E-state index contributed by atoms with van der Waals surface area (Å²) in [5.41, 5.74) is 4.43. The highest BCUT2D eigenvalue weighted by Gasteiger charge is 2.17. The van der Waals surface area contributed by atoms with Crippen molar-refractivity contribution in [2.75, 3.05) is 10.6 Å². The number of rotatable bonds is 6. The number of aromatic nitrogens is 2. The SMILES string of the molecule is CCC(NC(=O)Nc1ccccc1)c1ccc(C)c(NC(=O)c2cnc3ccccn23)c1. The van der Waals surface area contributed by atoms with Crippen LogP contribution in [0.25, 0.3) is 5.65 Å². The number of carbonyl (C=O) groups is 2. The zero-order valence-corrected chi connectivity index (χ0v) is 18.0. The maximum atomic E-state index is 12.9. The highest BCUT2D eigenvalue weighted by Crippen LogP contribution is 2.24. The molecule has 7 heteroatoms. The summed E-state index contributed by atoms with van der Waals surface area (Å²) in [6.07, 6.45) is 4.07. The Hall–Kier alpha value is -4.13. The molecule has 4 aromatic rings. The zero-order valence-electron chi connectivity index (χ0n) is 18.0. The number of aryl methyl sites for hydroxylation is 1. The molecule has 32 heavy (non-hydrogen) atoms. The average molecular weight is 428 g/mol. The Balaban J connectivity index is 1.50. The van der Waals surface area contributed by atoms with E-state index in [1.165, 1.54) is 0 Å². The largest absolute Gasteiger partial charge is 0.331 e. The monoisotopic (exact) mass is 427 g/mol. The minimum atomic E-state index is -0.278. The number of fused-ring (bicyclic) bond motifs is 1. The van der Waals surface area contributed by atoms with Crippen LogP contribution in [0.15, 0.2) is 79.1 Å². The van der Waals surface area contributed by atoms with Crippen molar-refractivity contribution in [3.63, 3.8) is 0 Å². The first-order chi connectivity index (χ1) is 15.5. The van der Waals surface area contributed by atoms with E-state index in [1.54, 1.807) is 10.6 Å². The number of pyridine rings is 1. The van der Waals surface area contributed by atoms with Gasteiger partial charge in [-0.05, 0) is 54.8 Å². The van der Waals surface area contributed by atoms with Gasteiger partial charge < -0.3 is 16.0 Å². The summed E-state index contributed by atoms with van der Waals surface area (Å²) >= 11 is 0. The number of nitrogens with one attached hydrogen (secondary N) is 3. The summed E-state index contributed by atoms with van der Waals surface area (Å²) in [5.74, 6) is -0.244. The molecule has 0 aliphatic heterocycles. The smallest absolute Gasteiger partial charge is 0.319 e. The molecule has 4 rings (SSSR count). The third kappa shape index (κ3) is 4.62. The quantitative estimate of drug-likeness (QED) is 0.397. The van der Waals surface area contributed by atoms with E-state index in [9.17, 15) is 9.59 Å². The van der Waals surface area contributed by atoms with Crippen LogP contribution < -0.4 is 16.0 Å². The topological polar surface area (TPSA) is 87.5 Å². The molecule has 7 nitrogen and oxygen atoms in total. The third-order valence-corrected chi connectivity index (χ3v) is 5.31. The summed E-state index contributed by atoms with van der Waals surface area (Å²) in [5, 5.41) is 8.84. The number of nitrogens with zero attached hydrogens (tertiary/aromatic N) is 2. The minimum Gasteiger partial charge on any atom is -0.331 e. The Morgan fingerprint density at radius 3 is 2.56 bits per heavy atom. The van der Waals surface area contributed by atoms with Crippen LogP contribution in [-0.2, 0) is 0 Å². The number of benzene rings is 2. The second kappa shape index (κ2) is 9.34. The van der Waals surface area contributed by atoms with Gasteiger partial charge in [-0.25, -0.2) is 9.78 Å². The average Bonchev–Trinajstić information content (AvgIpc) is 3.24. The molecular formula is C25H25N5O2. The molecule has 2 heterocycles. The Bertz CT molecular complexity index is 1250. The van der Waals surface area contributed by atoms with Crippen molar-refractivity contribution in [3.05, 3.63) is 95.9 Å². The number of urea groups is 1. The molecule has 0 fully saturated rings. The van der Waals surface area contributed by atoms with Crippen LogP contribution in [-0.4, -0.2) is 21.3 Å². The molecule has 0 radical (unpaired) electrons. The minimum absolute atomic E-state index is 0.203. The lowest BCUT2D eigenvalue weighted by atomic mass is 10.0. The molecule has 2 aromatic heterocycles. The molecular weight excluding hydrogens is 402 g/mol. The van der Waals surface area contributed by atoms with Gasteiger partial charge in [0.2, 0.25) is 0 Å². The van der Waals surface area contributed by atoms with Crippen LogP contribution in [0.1, 0.15) is 41.0 Å². The maximum Gasteiger partial charge on any atom is 0.319 e. The molecule has 0 saturated carbocycles. The molecule has 1 unspecified atom stereocenters. The number of hydrogen-bond donors (Lipinski definition) is 3. The molecule has 162 valence electrons. The third-order valence-electron chi connectivity index (χ3n) is 5.31. The summed E-state index contributed by atoms with van der Waals surface area (Å²) < 4.78 is 1.75. The predicted octanol–water partition coefficient (Wildman–Crippen LogP) is 5.17. The molecule has 0 aliphatic rings. The number of anilines is 2. The van der Waals surface area contributed by atoms with E-state index >= 15 is 0 Å². The van der Waals surface area contributed by atoms with Crippen molar-refractivity contribution < 1.29 is 9.59 Å². The fourth-order valence-corrected chi connectivity index (χ4v) is 3.55. The second-order valence-electron chi connectivity index (χ2n) is 7.53. The summed E-state index contributed by atoms with van der Waals surface area (Å²) in [7, 11) is 0. The number of carbonyl (C=O) groups excluding carboxylic acids is 2. The Morgan fingerprint density at radius 2 is 1.78 bits per heavy atom. The molecule has 2 aromatic carbocycles. The molecule has 0 bridgehead atoms. The molecule has 3 N–H and O–H groups in total. The van der Waals surface area contributed by atoms with E-state index in [-0.39, 0.29) is 18.0 Å². The van der Waals surface area contributed by atoms with Crippen molar-refractivity contribution in [1.82, 2.24) is 14.7 Å². The zero-order chi connectivity index (χ0) is 22.5. The lowest BCUT2D eigenvalue weighted by Gasteiger charge is -2.20. The summed E-state index contributed by atoms with van der Waals surface area (Å²) in [4.78, 5) is 29.7. The summed E-state index contributed by atoms with van der Waals surface area (Å²) in [6, 6.07) is 20.2. The highest BCUT2D eigenvalue weighted by atomic mass is 16.2. The van der Waals surface area contributed by atoms with Gasteiger partial charge in [0.15, 0.2) is 0 Å². The van der Waals surface area contributed by atoms with Gasteiger partial charge in [-0.1, -0.05) is 43.3 Å². The number of amides is 3. The van der Waals surface area contributed by atoms with E-state index in [0.717, 1.165) is 16.8 Å².